The molecular weight excluding hydrogens is 359 g/mol. The number of halogens is 1. The summed E-state index contributed by atoms with van der Waals surface area (Å²) in [6, 6.07) is 1.71. The second-order valence-corrected chi connectivity index (χ2v) is 8.21. The zero-order valence-electron chi connectivity index (χ0n) is 12.4. The van der Waals surface area contributed by atoms with E-state index in [-0.39, 0.29) is 15.6 Å². The summed E-state index contributed by atoms with van der Waals surface area (Å²) in [5.41, 5.74) is -0.787. The normalized spacial score (nSPS) is 14.4. The summed E-state index contributed by atoms with van der Waals surface area (Å²) in [7, 11) is -2.74. The Balaban J connectivity index is 1.93. The van der Waals surface area contributed by atoms with Crippen molar-refractivity contribution in [2.45, 2.75) is 23.0 Å². The lowest BCUT2D eigenvalue weighted by Crippen LogP contribution is -2.13. The smallest absolute Gasteiger partial charge is 0.338 e. The van der Waals surface area contributed by atoms with Crippen LogP contribution in [0.3, 0.4) is 0 Å². The number of nitrogens with one attached hydrogen (secondary N) is 1. The first-order valence-electron chi connectivity index (χ1n) is 6.91. The van der Waals surface area contributed by atoms with Crippen LogP contribution in [0.4, 0.5) is 10.1 Å². The highest BCUT2D eigenvalue weighted by molar-refractivity contribution is 7.94. The molecule has 1 fully saturated rings. The highest BCUT2D eigenvalue weighted by Gasteiger charge is 2.29. The molecule has 0 bridgehead atoms. The molecule has 1 heterocycles. The number of hydrogen-bond donors (Lipinski definition) is 2. The van der Waals surface area contributed by atoms with Gasteiger partial charge in [0, 0.05) is 12.0 Å². The van der Waals surface area contributed by atoms with Gasteiger partial charge in [-0.1, -0.05) is 0 Å². The van der Waals surface area contributed by atoms with E-state index in [4.69, 9.17) is 9.84 Å². The monoisotopic (exact) mass is 372 g/mol. The lowest BCUT2D eigenvalue weighted by molar-refractivity contribution is 0.0691. The van der Waals surface area contributed by atoms with Gasteiger partial charge in [-0.2, -0.15) is 0 Å². The van der Waals surface area contributed by atoms with Crippen LogP contribution >= 0.6 is 11.3 Å². The topological polar surface area (TPSA) is 106 Å². The molecule has 24 heavy (non-hydrogen) atoms. The van der Waals surface area contributed by atoms with Crippen molar-refractivity contribution >= 4 is 33.0 Å². The van der Waals surface area contributed by atoms with Crippen LogP contribution in [0.2, 0.25) is 0 Å². The molecule has 1 aliphatic rings. The van der Waals surface area contributed by atoms with Crippen molar-refractivity contribution in [1.82, 2.24) is 4.98 Å². The number of ether oxygens (including phenoxy) is 1. The van der Waals surface area contributed by atoms with Crippen LogP contribution in [0.25, 0.3) is 0 Å². The summed E-state index contributed by atoms with van der Waals surface area (Å²) in [5, 5.41) is 9.67. The van der Waals surface area contributed by atoms with E-state index in [2.05, 4.69) is 9.71 Å². The third-order valence-corrected chi connectivity index (χ3v) is 6.44. The molecule has 0 saturated heterocycles. The Labute approximate surface area is 141 Å². The Morgan fingerprint density at radius 3 is 2.75 bits per heavy atom. The highest BCUT2D eigenvalue weighted by Crippen LogP contribution is 2.42. The molecule has 2 N–H and O–H groups in total. The van der Waals surface area contributed by atoms with E-state index >= 15 is 0 Å². The fraction of sp³-hybridized carbons (Fsp3) is 0.286. The minimum absolute atomic E-state index is 0.00849. The zero-order valence-corrected chi connectivity index (χ0v) is 14.1. The van der Waals surface area contributed by atoms with Gasteiger partial charge in [0.2, 0.25) is 0 Å². The fourth-order valence-electron chi connectivity index (χ4n) is 2.08. The Morgan fingerprint density at radius 2 is 2.17 bits per heavy atom. The van der Waals surface area contributed by atoms with Crippen LogP contribution in [0.1, 0.15) is 34.1 Å². The molecule has 1 aromatic heterocycles. The number of methoxy groups -OCH3 is 1. The largest absolute Gasteiger partial charge is 0.495 e. The molecule has 2 aromatic rings. The van der Waals surface area contributed by atoms with Gasteiger partial charge in [-0.05, 0) is 18.9 Å². The molecule has 1 saturated carbocycles. The molecule has 0 radical (unpaired) electrons. The molecule has 7 nitrogen and oxygen atoms in total. The molecular formula is C14H13FN2O5S2. The minimum Gasteiger partial charge on any atom is -0.495 e. The number of carbonyl (C=O) groups is 1. The van der Waals surface area contributed by atoms with Crippen LogP contribution < -0.4 is 9.46 Å². The summed E-state index contributed by atoms with van der Waals surface area (Å²) in [6.45, 7) is 0. The summed E-state index contributed by atoms with van der Waals surface area (Å²) in [6.07, 6.45) is 3.25. The molecule has 0 atom stereocenters. The summed E-state index contributed by atoms with van der Waals surface area (Å²) in [5.74, 6) is -2.31. The van der Waals surface area contributed by atoms with E-state index in [1.165, 1.54) is 13.3 Å². The van der Waals surface area contributed by atoms with E-state index in [0.29, 0.717) is 5.92 Å². The average molecular weight is 372 g/mol. The number of rotatable bonds is 6. The molecule has 0 amide bonds. The van der Waals surface area contributed by atoms with Crippen LogP contribution in [0.5, 0.6) is 5.75 Å². The maximum absolute atomic E-state index is 13.8. The van der Waals surface area contributed by atoms with Gasteiger partial charge in [0.15, 0.2) is 4.21 Å². The number of sulfonamides is 1. The van der Waals surface area contributed by atoms with Crippen molar-refractivity contribution in [2.75, 3.05) is 11.8 Å². The molecule has 128 valence electrons. The van der Waals surface area contributed by atoms with Crippen LogP contribution in [-0.4, -0.2) is 31.6 Å². The Bertz CT molecular complexity index is 906. The fourth-order valence-corrected chi connectivity index (χ4v) is 4.46. The second kappa shape index (κ2) is 6.02. The van der Waals surface area contributed by atoms with E-state index in [1.807, 2.05) is 0 Å². The zero-order chi connectivity index (χ0) is 17.5. The van der Waals surface area contributed by atoms with Crippen LogP contribution in [0.15, 0.2) is 22.5 Å². The highest BCUT2D eigenvalue weighted by atomic mass is 32.2. The number of hydrogen-bond acceptors (Lipinski definition) is 6. The van der Waals surface area contributed by atoms with Crippen molar-refractivity contribution in [2.24, 2.45) is 0 Å². The Kier molecular flexibility index (Phi) is 4.18. The number of carboxylic acid groups (broad SMARTS) is 1. The van der Waals surface area contributed by atoms with Gasteiger partial charge in [0.1, 0.15) is 11.6 Å². The van der Waals surface area contributed by atoms with E-state index in [0.717, 1.165) is 41.3 Å². The second-order valence-electron chi connectivity index (χ2n) is 5.23. The Morgan fingerprint density at radius 1 is 1.46 bits per heavy atom. The van der Waals surface area contributed by atoms with Gasteiger partial charge < -0.3 is 9.84 Å². The maximum Gasteiger partial charge on any atom is 0.338 e. The van der Waals surface area contributed by atoms with Crippen molar-refractivity contribution < 1.29 is 27.4 Å². The van der Waals surface area contributed by atoms with Gasteiger partial charge in [-0.3, -0.25) is 4.72 Å². The number of nitrogens with zero attached hydrogens (tertiary/aromatic N) is 1. The predicted octanol–water partition coefficient (Wildman–Crippen LogP) is 2.67. The summed E-state index contributed by atoms with van der Waals surface area (Å²) < 4.78 is 45.9. The van der Waals surface area contributed by atoms with Gasteiger partial charge in [0.25, 0.3) is 10.0 Å². The predicted molar refractivity (Wildman–Crippen MR) is 84.8 cm³/mol. The lowest BCUT2D eigenvalue weighted by Gasteiger charge is -2.12. The maximum atomic E-state index is 13.8. The lowest BCUT2D eigenvalue weighted by atomic mass is 10.2. The minimum atomic E-state index is -3.97. The standard InChI is InChI=1S/C14H13FN2O5S2/c1-22-11-4-8(14(18)19)9(15)5-10(11)17-24(20,21)12-6-16-13(23-12)7-2-3-7/h4-7,17H,2-3H2,1H3,(H,18,19). The van der Waals surface area contributed by atoms with E-state index < -0.39 is 27.4 Å². The van der Waals surface area contributed by atoms with Gasteiger partial charge >= 0.3 is 5.97 Å². The first-order chi connectivity index (χ1) is 11.3. The van der Waals surface area contributed by atoms with Crippen LogP contribution in [0, 0.1) is 5.82 Å². The molecule has 1 aromatic carbocycles. The van der Waals surface area contributed by atoms with Gasteiger partial charge in [-0.25, -0.2) is 22.6 Å². The molecule has 0 aliphatic heterocycles. The summed E-state index contributed by atoms with van der Waals surface area (Å²) in [4.78, 5) is 15.0. The van der Waals surface area contributed by atoms with E-state index in [9.17, 15) is 17.6 Å². The molecule has 10 heteroatoms. The van der Waals surface area contributed by atoms with Crippen molar-refractivity contribution in [3.8, 4) is 5.75 Å². The number of aromatic nitrogens is 1. The molecule has 0 unspecified atom stereocenters. The first kappa shape index (κ1) is 16.7. The number of thiazole rings is 1. The third-order valence-electron chi connectivity index (χ3n) is 3.46. The third kappa shape index (κ3) is 3.20. The molecule has 3 rings (SSSR count). The molecule has 1 aliphatic carbocycles. The summed E-state index contributed by atoms with van der Waals surface area (Å²) >= 11 is 1.07. The molecule has 0 spiro atoms. The quantitative estimate of drug-likeness (QED) is 0.808. The number of aromatic carboxylic acids is 1. The van der Waals surface area contributed by atoms with Crippen molar-refractivity contribution in [1.29, 1.82) is 0 Å². The van der Waals surface area contributed by atoms with Crippen molar-refractivity contribution in [3.05, 3.63) is 34.7 Å². The SMILES string of the molecule is COc1cc(C(=O)O)c(F)cc1NS(=O)(=O)c1cnc(C2CC2)s1. The first-order valence-corrected chi connectivity index (χ1v) is 9.21. The number of anilines is 1. The van der Waals surface area contributed by atoms with Gasteiger partial charge in [-0.15, -0.1) is 11.3 Å². The van der Waals surface area contributed by atoms with Gasteiger partial charge in [0.05, 0.1) is 29.6 Å². The Hall–Kier alpha value is -2.20. The van der Waals surface area contributed by atoms with Crippen molar-refractivity contribution in [3.63, 3.8) is 0 Å². The number of carboxylic acids is 1. The number of benzene rings is 1. The van der Waals surface area contributed by atoms with E-state index in [1.54, 1.807) is 0 Å². The average Bonchev–Trinajstić information content (AvgIpc) is 3.23. The van der Waals surface area contributed by atoms with Crippen LogP contribution in [-0.2, 0) is 10.0 Å².